The van der Waals surface area contributed by atoms with E-state index in [2.05, 4.69) is 33.3 Å². The van der Waals surface area contributed by atoms with Gasteiger partial charge >= 0.3 is 0 Å². The van der Waals surface area contributed by atoms with Crippen LogP contribution in [0.3, 0.4) is 0 Å². The van der Waals surface area contributed by atoms with Gasteiger partial charge in [0.05, 0.1) is 6.20 Å². The van der Waals surface area contributed by atoms with Crippen LogP contribution in [0.4, 0.5) is 5.82 Å². The van der Waals surface area contributed by atoms with Gasteiger partial charge < -0.3 is 10.2 Å². The zero-order chi connectivity index (χ0) is 13.1. The largest absolute Gasteiger partial charge is 0.355 e. The summed E-state index contributed by atoms with van der Waals surface area (Å²) < 4.78 is 1.81. The van der Waals surface area contributed by atoms with Crippen LogP contribution in [-0.2, 0) is 0 Å². The van der Waals surface area contributed by atoms with Crippen molar-refractivity contribution < 1.29 is 0 Å². The highest BCUT2D eigenvalue weighted by Gasteiger charge is 2.20. The lowest BCUT2D eigenvalue weighted by atomic mass is 10.1. The number of aromatic nitrogens is 3. The summed E-state index contributed by atoms with van der Waals surface area (Å²) in [6.45, 7) is 5.47. The van der Waals surface area contributed by atoms with Crippen molar-refractivity contribution in [3.05, 3.63) is 24.5 Å². The molecule has 3 heterocycles. The smallest absolute Gasteiger partial charge is 0.157 e. The molecule has 0 aliphatic carbocycles. The molecule has 102 valence electrons. The Morgan fingerprint density at radius 1 is 1.42 bits per heavy atom. The maximum atomic E-state index is 4.67. The van der Waals surface area contributed by atoms with Crippen molar-refractivity contribution in [2.75, 3.05) is 24.5 Å². The summed E-state index contributed by atoms with van der Waals surface area (Å²) in [5, 5.41) is 7.80. The molecule has 1 aliphatic rings. The van der Waals surface area contributed by atoms with Gasteiger partial charge in [-0.15, -0.1) is 0 Å². The van der Waals surface area contributed by atoms with Gasteiger partial charge in [0.1, 0.15) is 5.82 Å². The minimum absolute atomic E-state index is 0.594. The third-order valence-electron chi connectivity index (χ3n) is 3.67. The van der Waals surface area contributed by atoms with E-state index in [0.717, 1.165) is 31.1 Å². The van der Waals surface area contributed by atoms with Gasteiger partial charge in [-0.05, 0) is 31.9 Å². The van der Waals surface area contributed by atoms with Gasteiger partial charge in [-0.1, -0.05) is 6.92 Å². The molecule has 5 heteroatoms. The Kier molecular flexibility index (Phi) is 3.64. The van der Waals surface area contributed by atoms with Crippen LogP contribution in [0.5, 0.6) is 0 Å². The minimum atomic E-state index is 0.594. The topological polar surface area (TPSA) is 45.5 Å². The third kappa shape index (κ3) is 2.71. The second-order valence-corrected chi connectivity index (χ2v) is 5.16. The molecule has 3 rings (SSSR count). The standard InChI is InChI=1S/C14H21N5/c1-2-7-15-12-4-3-9-18(11-12)13-6-10-19-14(17-13)5-8-16-19/h5-6,8,10,12,15H,2-4,7,9,11H2,1H3. The van der Waals surface area contributed by atoms with Crippen molar-refractivity contribution in [3.8, 4) is 0 Å². The highest BCUT2D eigenvalue weighted by molar-refractivity contribution is 5.47. The highest BCUT2D eigenvalue weighted by Crippen LogP contribution is 2.18. The van der Waals surface area contributed by atoms with E-state index < -0.39 is 0 Å². The molecule has 5 nitrogen and oxygen atoms in total. The number of nitrogens with zero attached hydrogens (tertiary/aromatic N) is 4. The molecular formula is C14H21N5. The second kappa shape index (κ2) is 5.57. The first-order valence-electron chi connectivity index (χ1n) is 7.15. The lowest BCUT2D eigenvalue weighted by Gasteiger charge is -2.34. The fraction of sp³-hybridized carbons (Fsp3) is 0.571. The van der Waals surface area contributed by atoms with Crippen LogP contribution in [-0.4, -0.2) is 40.3 Å². The number of anilines is 1. The molecule has 1 unspecified atom stereocenters. The summed E-state index contributed by atoms with van der Waals surface area (Å²) in [5.74, 6) is 1.07. The lowest BCUT2D eigenvalue weighted by molar-refractivity contribution is 0.422. The first kappa shape index (κ1) is 12.4. The quantitative estimate of drug-likeness (QED) is 0.907. The van der Waals surface area contributed by atoms with Gasteiger partial charge in [-0.2, -0.15) is 5.10 Å². The molecule has 1 atom stereocenters. The summed E-state index contributed by atoms with van der Waals surface area (Å²) in [6, 6.07) is 4.60. The van der Waals surface area contributed by atoms with Crippen molar-refractivity contribution in [1.29, 1.82) is 0 Å². The molecule has 1 fully saturated rings. The lowest BCUT2D eigenvalue weighted by Crippen LogP contribution is -2.46. The molecule has 2 aromatic rings. The van der Waals surface area contributed by atoms with Gasteiger partial charge in [0.15, 0.2) is 5.65 Å². The van der Waals surface area contributed by atoms with E-state index in [1.54, 1.807) is 10.7 Å². The summed E-state index contributed by atoms with van der Waals surface area (Å²) in [7, 11) is 0. The Labute approximate surface area is 113 Å². The van der Waals surface area contributed by atoms with Gasteiger partial charge in [-0.25, -0.2) is 9.50 Å². The molecular weight excluding hydrogens is 238 g/mol. The van der Waals surface area contributed by atoms with Crippen LogP contribution in [0.15, 0.2) is 24.5 Å². The predicted octanol–water partition coefficient (Wildman–Crippen LogP) is 1.70. The van der Waals surface area contributed by atoms with Gasteiger partial charge in [-0.3, -0.25) is 0 Å². The van der Waals surface area contributed by atoms with Crippen molar-refractivity contribution in [1.82, 2.24) is 19.9 Å². The van der Waals surface area contributed by atoms with E-state index in [1.165, 1.54) is 19.3 Å². The molecule has 1 saturated heterocycles. The molecule has 0 bridgehead atoms. The number of fused-ring (bicyclic) bond motifs is 1. The van der Waals surface area contributed by atoms with Crippen LogP contribution < -0.4 is 10.2 Å². The first-order valence-corrected chi connectivity index (χ1v) is 7.15. The van der Waals surface area contributed by atoms with Crippen LogP contribution in [0.1, 0.15) is 26.2 Å². The van der Waals surface area contributed by atoms with Crippen molar-refractivity contribution in [2.45, 2.75) is 32.2 Å². The zero-order valence-corrected chi connectivity index (χ0v) is 11.4. The summed E-state index contributed by atoms with van der Waals surface area (Å²) in [4.78, 5) is 7.05. The first-order chi connectivity index (χ1) is 9.36. The van der Waals surface area contributed by atoms with Crippen molar-refractivity contribution in [2.24, 2.45) is 0 Å². The number of nitrogens with one attached hydrogen (secondary N) is 1. The van der Waals surface area contributed by atoms with E-state index >= 15 is 0 Å². The molecule has 1 aliphatic heterocycles. The van der Waals surface area contributed by atoms with E-state index in [0.29, 0.717) is 6.04 Å². The molecule has 0 radical (unpaired) electrons. The number of hydrogen-bond acceptors (Lipinski definition) is 4. The van der Waals surface area contributed by atoms with Crippen LogP contribution in [0.2, 0.25) is 0 Å². The Bertz CT molecular complexity index is 535. The van der Waals surface area contributed by atoms with Crippen LogP contribution >= 0.6 is 0 Å². The number of hydrogen-bond donors (Lipinski definition) is 1. The molecule has 1 N–H and O–H groups in total. The Morgan fingerprint density at radius 2 is 2.37 bits per heavy atom. The fourth-order valence-electron chi connectivity index (χ4n) is 2.68. The van der Waals surface area contributed by atoms with Crippen LogP contribution in [0, 0.1) is 0 Å². The normalized spacial score (nSPS) is 20.1. The van der Waals surface area contributed by atoms with Gasteiger partial charge in [0.2, 0.25) is 0 Å². The van der Waals surface area contributed by atoms with E-state index in [9.17, 15) is 0 Å². The Morgan fingerprint density at radius 3 is 3.26 bits per heavy atom. The monoisotopic (exact) mass is 259 g/mol. The Hall–Kier alpha value is -1.62. The zero-order valence-electron chi connectivity index (χ0n) is 11.4. The number of piperidine rings is 1. The van der Waals surface area contributed by atoms with Gasteiger partial charge in [0, 0.05) is 31.4 Å². The maximum absolute atomic E-state index is 4.67. The minimum Gasteiger partial charge on any atom is -0.355 e. The molecule has 0 aromatic carbocycles. The second-order valence-electron chi connectivity index (χ2n) is 5.16. The van der Waals surface area contributed by atoms with Crippen LogP contribution in [0.25, 0.3) is 5.65 Å². The van der Waals surface area contributed by atoms with E-state index in [1.807, 2.05) is 12.3 Å². The predicted molar refractivity (Wildman–Crippen MR) is 76.5 cm³/mol. The van der Waals surface area contributed by atoms with Crippen molar-refractivity contribution in [3.63, 3.8) is 0 Å². The molecule has 2 aromatic heterocycles. The molecule has 19 heavy (non-hydrogen) atoms. The SMILES string of the molecule is CCCNC1CCCN(c2ccn3nccc3n2)C1. The third-order valence-corrected chi connectivity index (χ3v) is 3.67. The number of rotatable bonds is 4. The summed E-state index contributed by atoms with van der Waals surface area (Å²) in [5.41, 5.74) is 0.918. The van der Waals surface area contributed by atoms with Crippen molar-refractivity contribution >= 4 is 11.5 Å². The molecule has 0 spiro atoms. The van der Waals surface area contributed by atoms with Gasteiger partial charge in [0.25, 0.3) is 0 Å². The maximum Gasteiger partial charge on any atom is 0.157 e. The highest BCUT2D eigenvalue weighted by atomic mass is 15.3. The van der Waals surface area contributed by atoms with E-state index in [-0.39, 0.29) is 0 Å². The Balaban J connectivity index is 1.73. The fourth-order valence-corrected chi connectivity index (χ4v) is 2.68. The molecule has 0 saturated carbocycles. The average Bonchev–Trinajstić information content (AvgIpc) is 2.92. The average molecular weight is 259 g/mol. The van der Waals surface area contributed by atoms with E-state index in [4.69, 9.17) is 0 Å². The summed E-state index contributed by atoms with van der Waals surface area (Å²) >= 11 is 0. The summed E-state index contributed by atoms with van der Waals surface area (Å²) in [6.07, 6.45) is 7.46. The molecule has 0 amide bonds.